The van der Waals surface area contributed by atoms with Crippen LogP contribution in [0.4, 0.5) is 0 Å². The molecule has 11 heteroatoms. The van der Waals surface area contributed by atoms with Gasteiger partial charge in [0.1, 0.15) is 23.8 Å². The van der Waals surface area contributed by atoms with Crippen LogP contribution in [-0.2, 0) is 43.9 Å². The summed E-state index contributed by atoms with van der Waals surface area (Å²) in [6, 6.07) is 5.37. The van der Waals surface area contributed by atoms with Gasteiger partial charge in [-0.3, -0.25) is 4.57 Å². The lowest BCUT2D eigenvalue weighted by atomic mass is 10.0. The maximum Gasteiger partial charge on any atom is 0.362 e. The van der Waals surface area contributed by atoms with E-state index in [4.69, 9.17) is 37.7 Å². The molecule has 0 saturated carbocycles. The Morgan fingerprint density at radius 2 is 1.31 bits per heavy atom. The third kappa shape index (κ3) is 16.7. The van der Waals surface area contributed by atoms with Crippen molar-refractivity contribution in [1.82, 2.24) is 0 Å². The predicted molar refractivity (Wildman–Crippen MR) is 163 cm³/mol. The molecule has 1 fully saturated rings. The Morgan fingerprint density at radius 1 is 0.762 bits per heavy atom. The number of hydrogen-bond acceptors (Lipinski definition) is 9. The van der Waals surface area contributed by atoms with Gasteiger partial charge in [-0.25, -0.2) is 0 Å². The first-order chi connectivity index (χ1) is 20.6. The lowest BCUT2D eigenvalue weighted by molar-refractivity contribution is -0.0711. The van der Waals surface area contributed by atoms with Crippen molar-refractivity contribution < 1.29 is 47.1 Å². The summed E-state index contributed by atoms with van der Waals surface area (Å²) in [5, 5.41) is 0.182. The summed E-state index contributed by atoms with van der Waals surface area (Å²) < 4.78 is 58.6. The van der Waals surface area contributed by atoms with E-state index >= 15 is 0 Å². The number of ether oxygens (including phenoxy) is 7. The third-order valence-electron chi connectivity index (χ3n) is 6.77. The van der Waals surface area contributed by atoms with Crippen molar-refractivity contribution in [3.05, 3.63) is 23.8 Å². The van der Waals surface area contributed by atoms with Crippen LogP contribution in [0.2, 0.25) is 0 Å². The fourth-order valence-electron chi connectivity index (χ4n) is 4.54. The zero-order valence-corrected chi connectivity index (χ0v) is 26.8. The molecule has 2 unspecified atom stereocenters. The minimum absolute atomic E-state index is 0.119. The van der Waals surface area contributed by atoms with E-state index in [1.54, 1.807) is 19.1 Å². The van der Waals surface area contributed by atoms with Crippen LogP contribution in [0.3, 0.4) is 0 Å². The average Bonchev–Trinajstić information content (AvgIpc) is 2.98. The van der Waals surface area contributed by atoms with Crippen LogP contribution < -0.4 is 10.0 Å². The highest BCUT2D eigenvalue weighted by Gasteiger charge is 2.29. The van der Waals surface area contributed by atoms with Crippen LogP contribution in [0.1, 0.15) is 70.8 Å². The molecule has 1 aromatic carbocycles. The predicted octanol–water partition coefficient (Wildman–Crippen LogP) is 5.08. The molecule has 1 N–H and O–H groups in total. The van der Waals surface area contributed by atoms with Gasteiger partial charge in [0.15, 0.2) is 0 Å². The van der Waals surface area contributed by atoms with Gasteiger partial charge in [-0.15, -0.1) is 0 Å². The summed E-state index contributed by atoms with van der Waals surface area (Å²) in [4.78, 5) is 10.7. The Kier molecular flexibility index (Phi) is 21.5. The molecule has 1 aromatic rings. The molecular formula is C31H55O10P. The van der Waals surface area contributed by atoms with E-state index in [2.05, 4.69) is 6.92 Å². The molecule has 2 atom stereocenters. The highest BCUT2D eigenvalue weighted by atomic mass is 31.2. The van der Waals surface area contributed by atoms with E-state index < -0.39 is 13.7 Å². The normalized spacial score (nSPS) is 20.3. The maximum atomic E-state index is 13.1. The maximum absolute atomic E-state index is 13.1. The minimum Gasteiger partial charge on any atom is -0.490 e. The number of benzene rings is 1. The zero-order chi connectivity index (χ0) is 30.1. The van der Waals surface area contributed by atoms with Gasteiger partial charge in [-0.05, 0) is 31.4 Å². The molecule has 244 valence electrons. The quantitative estimate of drug-likeness (QED) is 0.211. The first kappa shape index (κ1) is 37.1. The van der Waals surface area contributed by atoms with Gasteiger partial charge < -0.3 is 42.6 Å². The van der Waals surface area contributed by atoms with Crippen molar-refractivity contribution in [3.63, 3.8) is 0 Å². The Hall–Kier alpha value is -1.07. The molecule has 10 nitrogen and oxygen atoms in total. The molecule has 0 aromatic heterocycles. The smallest absolute Gasteiger partial charge is 0.362 e. The van der Waals surface area contributed by atoms with Gasteiger partial charge in [-0.2, -0.15) is 0 Å². The highest BCUT2D eigenvalue weighted by Crippen LogP contribution is 2.44. The first-order valence-corrected chi connectivity index (χ1v) is 17.4. The van der Waals surface area contributed by atoms with Gasteiger partial charge in [0.2, 0.25) is 0 Å². The van der Waals surface area contributed by atoms with Crippen molar-refractivity contribution in [2.45, 2.75) is 77.7 Å². The van der Waals surface area contributed by atoms with E-state index in [1.807, 2.05) is 6.07 Å². The molecular weight excluding hydrogens is 563 g/mol. The largest absolute Gasteiger partial charge is 0.490 e. The van der Waals surface area contributed by atoms with Gasteiger partial charge in [-0.1, -0.05) is 64.0 Å². The van der Waals surface area contributed by atoms with Crippen molar-refractivity contribution in [1.29, 1.82) is 0 Å². The van der Waals surface area contributed by atoms with Crippen molar-refractivity contribution in [2.24, 2.45) is 0 Å². The molecule has 1 aliphatic rings. The van der Waals surface area contributed by atoms with Crippen LogP contribution in [-0.4, -0.2) is 96.9 Å². The second-order valence-corrected chi connectivity index (χ2v) is 12.0. The molecule has 1 saturated heterocycles. The van der Waals surface area contributed by atoms with Crippen molar-refractivity contribution in [3.8, 4) is 5.75 Å². The van der Waals surface area contributed by atoms with Gasteiger partial charge in [0.25, 0.3) is 0 Å². The molecule has 0 radical (unpaired) electrons. The second kappa shape index (κ2) is 24.3. The van der Waals surface area contributed by atoms with Crippen LogP contribution in [0.15, 0.2) is 18.2 Å². The standard InChI is InChI=1S/C31H55O10P/c1-3-5-6-7-8-9-10-11-13-28-14-12-15-30(42(32,33)41-4-2)31(28)40-27-29-26-38-23-22-36-19-18-34-16-17-35-20-21-37-24-25-39-29/h12,14-15,29H,3-11,13,16-27H2,1-2H3,(H,32,33). The Balaban J connectivity index is 2.01. The molecule has 0 aliphatic carbocycles. The number of rotatable bonds is 15. The molecule has 0 spiro atoms. The van der Waals surface area contributed by atoms with Gasteiger partial charge >= 0.3 is 7.60 Å². The molecule has 42 heavy (non-hydrogen) atoms. The van der Waals surface area contributed by atoms with Gasteiger partial charge in [0.05, 0.1) is 79.3 Å². The van der Waals surface area contributed by atoms with Gasteiger partial charge in [0, 0.05) is 0 Å². The summed E-state index contributed by atoms with van der Waals surface area (Å²) in [5.41, 5.74) is 0.896. The molecule has 1 aliphatic heterocycles. The highest BCUT2D eigenvalue weighted by molar-refractivity contribution is 7.61. The Labute approximate surface area is 253 Å². The van der Waals surface area contributed by atoms with E-state index in [9.17, 15) is 9.46 Å². The topological polar surface area (TPSA) is 111 Å². The van der Waals surface area contributed by atoms with E-state index in [0.717, 1.165) is 24.8 Å². The third-order valence-corrected chi connectivity index (χ3v) is 8.34. The SMILES string of the molecule is CCCCCCCCCCc1cccc(P(=O)(O)OCC)c1OCC1COCCOCCOCCOCCOCCO1. The van der Waals surface area contributed by atoms with Crippen LogP contribution in [0, 0.1) is 0 Å². The Morgan fingerprint density at radius 3 is 1.90 bits per heavy atom. The number of aryl methyl sites for hydroxylation is 1. The Bertz CT molecular complexity index is 822. The van der Waals surface area contributed by atoms with Crippen LogP contribution in [0.25, 0.3) is 0 Å². The zero-order valence-electron chi connectivity index (χ0n) is 25.9. The lowest BCUT2D eigenvalue weighted by Crippen LogP contribution is -2.31. The summed E-state index contributed by atoms with van der Waals surface area (Å²) in [6.07, 6.45) is 9.99. The summed E-state index contributed by atoms with van der Waals surface area (Å²) >= 11 is 0. The molecule has 0 amide bonds. The molecule has 1 heterocycles. The van der Waals surface area contributed by atoms with Crippen LogP contribution >= 0.6 is 7.60 Å². The fourth-order valence-corrected chi connectivity index (χ4v) is 5.77. The monoisotopic (exact) mass is 618 g/mol. The molecule has 0 bridgehead atoms. The average molecular weight is 619 g/mol. The summed E-state index contributed by atoms with van der Waals surface area (Å²) in [5.74, 6) is 0.402. The summed E-state index contributed by atoms with van der Waals surface area (Å²) in [7, 11) is -4.06. The lowest BCUT2D eigenvalue weighted by Gasteiger charge is -2.23. The summed E-state index contributed by atoms with van der Waals surface area (Å²) in [6.45, 7) is 9.00. The van der Waals surface area contributed by atoms with E-state index in [0.29, 0.717) is 71.8 Å². The van der Waals surface area contributed by atoms with Crippen molar-refractivity contribution >= 4 is 12.9 Å². The van der Waals surface area contributed by atoms with Crippen LogP contribution in [0.5, 0.6) is 5.75 Å². The number of unbranched alkanes of at least 4 members (excludes halogenated alkanes) is 7. The first-order valence-electron chi connectivity index (χ1n) is 15.8. The van der Waals surface area contributed by atoms with E-state index in [1.165, 1.54) is 38.5 Å². The fraction of sp³-hybridized carbons (Fsp3) is 0.806. The van der Waals surface area contributed by atoms with Crippen molar-refractivity contribution in [2.75, 3.05) is 85.9 Å². The van der Waals surface area contributed by atoms with E-state index in [-0.39, 0.29) is 25.1 Å². The number of para-hydroxylation sites is 1. The second-order valence-electron chi connectivity index (χ2n) is 10.3. The minimum atomic E-state index is -4.06. The molecule has 2 rings (SSSR count). The number of hydrogen-bond donors (Lipinski definition) is 1.